The minimum atomic E-state index is -1.85. The van der Waals surface area contributed by atoms with E-state index in [1.807, 2.05) is 0 Å². The second-order valence-electron chi connectivity index (χ2n) is 6.88. The predicted octanol–water partition coefficient (Wildman–Crippen LogP) is 2.33. The molecule has 0 unspecified atom stereocenters. The van der Waals surface area contributed by atoms with Crippen LogP contribution in [0.2, 0.25) is 0 Å². The maximum absolute atomic E-state index is 14.2. The molecule has 0 saturated carbocycles. The van der Waals surface area contributed by atoms with Gasteiger partial charge in [0, 0.05) is 23.9 Å². The van der Waals surface area contributed by atoms with Crippen molar-refractivity contribution in [1.82, 2.24) is 10.2 Å². The summed E-state index contributed by atoms with van der Waals surface area (Å²) in [6, 6.07) is 7.93. The van der Waals surface area contributed by atoms with Gasteiger partial charge in [-0.1, -0.05) is 6.07 Å². The fourth-order valence-corrected chi connectivity index (χ4v) is 3.13. The van der Waals surface area contributed by atoms with Crippen molar-refractivity contribution >= 4 is 35.1 Å². The van der Waals surface area contributed by atoms with E-state index >= 15 is 0 Å². The summed E-state index contributed by atoms with van der Waals surface area (Å²) < 4.78 is 27.7. The first kappa shape index (κ1) is 20.9. The molecule has 1 atom stereocenters. The second kappa shape index (κ2) is 7.90. The van der Waals surface area contributed by atoms with Gasteiger partial charge in [-0.2, -0.15) is 0 Å². The number of halogens is 2. The minimum absolute atomic E-state index is 0.290. The zero-order valence-corrected chi connectivity index (χ0v) is 16.1. The van der Waals surface area contributed by atoms with Crippen LogP contribution in [0.5, 0.6) is 0 Å². The van der Waals surface area contributed by atoms with E-state index in [-0.39, 0.29) is 11.5 Å². The number of nitrogens with one attached hydrogen (secondary N) is 3. The Kier molecular flexibility index (Phi) is 5.50. The number of urea groups is 1. The number of hydrogen-bond acceptors (Lipinski definition) is 4. The van der Waals surface area contributed by atoms with Crippen LogP contribution in [0.15, 0.2) is 42.5 Å². The van der Waals surface area contributed by atoms with Crippen molar-refractivity contribution in [3.63, 3.8) is 0 Å². The van der Waals surface area contributed by atoms with E-state index < -0.39 is 41.6 Å². The molecule has 1 fully saturated rings. The Morgan fingerprint density at radius 2 is 1.73 bits per heavy atom. The normalized spacial score (nSPS) is 18.2. The number of rotatable bonds is 5. The zero-order valence-electron chi connectivity index (χ0n) is 16.1. The largest absolute Gasteiger partial charge is 0.326 e. The summed E-state index contributed by atoms with van der Waals surface area (Å²) in [5, 5.41) is 7.39. The molecular weight excluding hydrogens is 398 g/mol. The maximum Gasteiger partial charge on any atom is 0.325 e. The van der Waals surface area contributed by atoms with Gasteiger partial charge >= 0.3 is 6.03 Å². The van der Waals surface area contributed by atoms with Crippen LogP contribution in [0.3, 0.4) is 0 Å². The van der Waals surface area contributed by atoms with Gasteiger partial charge in [0.2, 0.25) is 11.8 Å². The topological polar surface area (TPSA) is 108 Å². The first-order valence-corrected chi connectivity index (χ1v) is 8.87. The molecule has 3 N–H and O–H groups in total. The lowest BCUT2D eigenvalue weighted by Crippen LogP contribution is -2.42. The molecule has 1 aliphatic rings. The molecular formula is C20H18F2N4O4. The molecule has 0 bridgehead atoms. The van der Waals surface area contributed by atoms with Gasteiger partial charge in [-0.05, 0) is 43.3 Å². The van der Waals surface area contributed by atoms with Gasteiger partial charge in [-0.15, -0.1) is 0 Å². The molecule has 8 nitrogen and oxygen atoms in total. The predicted molar refractivity (Wildman–Crippen MR) is 103 cm³/mol. The van der Waals surface area contributed by atoms with Crippen LogP contribution in [0.25, 0.3) is 0 Å². The average Bonchev–Trinajstić information content (AvgIpc) is 2.87. The van der Waals surface area contributed by atoms with Gasteiger partial charge in [-0.25, -0.2) is 13.6 Å². The van der Waals surface area contributed by atoms with Crippen LogP contribution in [0.1, 0.15) is 19.4 Å². The first-order valence-electron chi connectivity index (χ1n) is 8.87. The smallest absolute Gasteiger partial charge is 0.325 e. The van der Waals surface area contributed by atoms with Crippen molar-refractivity contribution in [1.29, 1.82) is 0 Å². The van der Waals surface area contributed by atoms with Crippen molar-refractivity contribution in [2.45, 2.75) is 19.4 Å². The third-order valence-corrected chi connectivity index (χ3v) is 4.51. The SMILES string of the molecule is CC(=O)Nc1cccc(NC(=O)CN2C(=O)N[C@@](C)(c3cc(F)ccc3F)C2=O)c1. The van der Waals surface area contributed by atoms with Crippen molar-refractivity contribution in [3.8, 4) is 0 Å². The molecule has 3 rings (SSSR count). The summed E-state index contributed by atoms with van der Waals surface area (Å²) in [5.41, 5.74) is -1.41. The van der Waals surface area contributed by atoms with Crippen molar-refractivity contribution in [2.75, 3.05) is 17.2 Å². The van der Waals surface area contributed by atoms with Gasteiger partial charge in [0.05, 0.1) is 0 Å². The Balaban J connectivity index is 1.75. The van der Waals surface area contributed by atoms with Gasteiger partial charge in [0.15, 0.2) is 0 Å². The van der Waals surface area contributed by atoms with Gasteiger partial charge in [0.25, 0.3) is 5.91 Å². The average molecular weight is 416 g/mol. The van der Waals surface area contributed by atoms with Crippen molar-refractivity contribution < 1.29 is 28.0 Å². The lowest BCUT2D eigenvalue weighted by atomic mass is 9.91. The number of nitrogens with zero attached hydrogens (tertiary/aromatic N) is 1. The second-order valence-corrected chi connectivity index (χ2v) is 6.88. The molecule has 5 amide bonds. The Hall–Kier alpha value is -3.82. The van der Waals surface area contributed by atoms with Crippen LogP contribution >= 0.6 is 0 Å². The summed E-state index contributed by atoms with van der Waals surface area (Å²) >= 11 is 0. The number of carbonyl (C=O) groups excluding carboxylic acids is 4. The van der Waals surface area contributed by atoms with Crippen LogP contribution in [-0.2, 0) is 19.9 Å². The highest BCUT2D eigenvalue weighted by molar-refractivity contribution is 6.10. The molecule has 2 aromatic carbocycles. The third kappa shape index (κ3) is 4.12. The quantitative estimate of drug-likeness (QED) is 0.650. The molecule has 2 aromatic rings. The van der Waals surface area contributed by atoms with Gasteiger partial charge in [-0.3, -0.25) is 19.3 Å². The number of hydrogen-bond donors (Lipinski definition) is 3. The molecule has 0 spiro atoms. The van der Waals surface area contributed by atoms with Crippen molar-refractivity contribution in [2.24, 2.45) is 0 Å². The molecule has 156 valence electrons. The first-order chi connectivity index (χ1) is 14.1. The highest BCUT2D eigenvalue weighted by Crippen LogP contribution is 2.31. The van der Waals surface area contributed by atoms with Gasteiger partial charge < -0.3 is 16.0 Å². The van der Waals surface area contributed by atoms with E-state index in [1.165, 1.54) is 19.9 Å². The number of imide groups is 1. The number of amides is 5. The molecule has 30 heavy (non-hydrogen) atoms. The van der Waals surface area contributed by atoms with E-state index in [0.717, 1.165) is 18.2 Å². The molecule has 1 heterocycles. The Morgan fingerprint density at radius 1 is 1.07 bits per heavy atom. The highest BCUT2D eigenvalue weighted by atomic mass is 19.1. The molecule has 0 aliphatic carbocycles. The monoisotopic (exact) mass is 416 g/mol. The van der Waals surface area contributed by atoms with Crippen LogP contribution < -0.4 is 16.0 Å². The molecule has 1 aliphatic heterocycles. The van der Waals surface area contributed by atoms with E-state index in [0.29, 0.717) is 16.3 Å². The maximum atomic E-state index is 14.2. The lowest BCUT2D eigenvalue weighted by molar-refractivity contribution is -0.133. The minimum Gasteiger partial charge on any atom is -0.326 e. The standard InChI is InChI=1S/C20H18F2N4O4/c1-11(27)23-13-4-3-5-14(9-13)24-17(28)10-26-18(29)20(2,25-19(26)30)15-8-12(21)6-7-16(15)22/h3-9H,10H2,1-2H3,(H,23,27)(H,24,28)(H,25,30)/t20-/m0/s1. The van der Waals surface area contributed by atoms with Crippen LogP contribution in [0.4, 0.5) is 25.0 Å². The Bertz CT molecular complexity index is 1060. The summed E-state index contributed by atoms with van der Waals surface area (Å²) in [4.78, 5) is 49.2. The van der Waals surface area contributed by atoms with Crippen molar-refractivity contribution in [3.05, 3.63) is 59.7 Å². The van der Waals surface area contributed by atoms with Gasteiger partial charge in [0.1, 0.15) is 23.7 Å². The fourth-order valence-electron chi connectivity index (χ4n) is 3.13. The summed E-state index contributed by atoms with van der Waals surface area (Å²) in [6.45, 7) is 1.93. The summed E-state index contributed by atoms with van der Waals surface area (Å²) in [7, 11) is 0. The van der Waals surface area contributed by atoms with E-state index in [9.17, 15) is 28.0 Å². The third-order valence-electron chi connectivity index (χ3n) is 4.51. The zero-order chi connectivity index (χ0) is 22.1. The summed E-state index contributed by atoms with van der Waals surface area (Å²) in [6.07, 6.45) is 0. The molecule has 10 heteroatoms. The van der Waals surface area contributed by atoms with E-state index in [2.05, 4.69) is 16.0 Å². The van der Waals surface area contributed by atoms with E-state index in [1.54, 1.807) is 18.2 Å². The van der Waals surface area contributed by atoms with Crippen LogP contribution in [0, 0.1) is 11.6 Å². The fraction of sp³-hybridized carbons (Fsp3) is 0.200. The molecule has 1 saturated heterocycles. The van der Waals surface area contributed by atoms with Crippen LogP contribution in [-0.4, -0.2) is 35.2 Å². The Morgan fingerprint density at radius 3 is 2.40 bits per heavy atom. The molecule has 0 aromatic heterocycles. The lowest BCUT2D eigenvalue weighted by Gasteiger charge is -2.22. The number of benzene rings is 2. The number of anilines is 2. The van der Waals surface area contributed by atoms with E-state index in [4.69, 9.17) is 0 Å². The number of carbonyl (C=O) groups is 4. The highest BCUT2D eigenvalue weighted by Gasteiger charge is 2.50. The summed E-state index contributed by atoms with van der Waals surface area (Å²) in [5.74, 6) is -3.51. The Labute approximate surface area is 170 Å². The molecule has 0 radical (unpaired) electrons.